The summed E-state index contributed by atoms with van der Waals surface area (Å²) in [7, 11) is 0. The van der Waals surface area contributed by atoms with Crippen LogP contribution in [0.3, 0.4) is 0 Å². The number of nitrogens with one attached hydrogen (secondary N) is 1. The van der Waals surface area contributed by atoms with Crippen molar-refractivity contribution in [1.29, 1.82) is 0 Å². The molecule has 0 bridgehead atoms. The van der Waals surface area contributed by atoms with Crippen molar-refractivity contribution in [3.8, 4) is 0 Å². The highest BCUT2D eigenvalue weighted by Gasteiger charge is 2.24. The van der Waals surface area contributed by atoms with E-state index in [1.807, 2.05) is 24.5 Å². The highest BCUT2D eigenvalue weighted by Crippen LogP contribution is 2.20. The van der Waals surface area contributed by atoms with Gasteiger partial charge in [0, 0.05) is 58.2 Å². The molecule has 26 heavy (non-hydrogen) atoms. The van der Waals surface area contributed by atoms with E-state index in [-0.39, 0.29) is 11.9 Å². The summed E-state index contributed by atoms with van der Waals surface area (Å²) in [5.41, 5.74) is 1.19. The first-order valence-corrected chi connectivity index (χ1v) is 9.69. The number of amides is 1. The van der Waals surface area contributed by atoms with Gasteiger partial charge in [0.05, 0.1) is 25.8 Å². The predicted molar refractivity (Wildman–Crippen MR) is 101 cm³/mol. The summed E-state index contributed by atoms with van der Waals surface area (Å²) in [5, 5.41) is 3.15. The number of ether oxygens (including phenoxy) is 1. The summed E-state index contributed by atoms with van der Waals surface area (Å²) in [6.45, 7) is 11.7. The van der Waals surface area contributed by atoms with Gasteiger partial charge in [0.1, 0.15) is 0 Å². The first-order valence-electron chi connectivity index (χ1n) is 9.69. The third kappa shape index (κ3) is 5.48. The van der Waals surface area contributed by atoms with Crippen LogP contribution >= 0.6 is 0 Å². The second-order valence-corrected chi connectivity index (χ2v) is 6.96. The fourth-order valence-electron chi connectivity index (χ4n) is 3.67. The second-order valence-electron chi connectivity index (χ2n) is 6.96. The molecule has 7 heteroatoms. The van der Waals surface area contributed by atoms with Gasteiger partial charge in [0.25, 0.3) is 0 Å². The van der Waals surface area contributed by atoms with Crippen molar-refractivity contribution < 1.29 is 9.53 Å². The van der Waals surface area contributed by atoms with Crippen LogP contribution in [0.15, 0.2) is 24.5 Å². The van der Waals surface area contributed by atoms with Gasteiger partial charge in [-0.25, -0.2) is 0 Å². The Labute approximate surface area is 156 Å². The average molecular weight is 361 g/mol. The van der Waals surface area contributed by atoms with Crippen LogP contribution in [0, 0.1) is 0 Å². The van der Waals surface area contributed by atoms with Gasteiger partial charge in [-0.3, -0.25) is 19.6 Å². The number of pyridine rings is 1. The van der Waals surface area contributed by atoms with E-state index in [0.717, 1.165) is 59.0 Å². The van der Waals surface area contributed by atoms with Crippen LogP contribution in [0.2, 0.25) is 0 Å². The molecule has 2 saturated heterocycles. The number of morpholine rings is 1. The molecule has 1 atom stereocenters. The smallest absolute Gasteiger partial charge is 0.234 e. The van der Waals surface area contributed by atoms with Crippen LogP contribution in [-0.2, 0) is 9.53 Å². The molecular formula is C19H31N5O2. The first-order chi connectivity index (χ1) is 12.8. The van der Waals surface area contributed by atoms with Gasteiger partial charge in [-0.1, -0.05) is 6.92 Å². The van der Waals surface area contributed by atoms with E-state index in [2.05, 4.69) is 31.9 Å². The van der Waals surface area contributed by atoms with Crippen LogP contribution in [-0.4, -0.2) is 97.7 Å². The first kappa shape index (κ1) is 19.2. The molecule has 0 unspecified atom stereocenters. The molecule has 0 aromatic carbocycles. The summed E-state index contributed by atoms with van der Waals surface area (Å²) in [4.78, 5) is 23.6. The maximum Gasteiger partial charge on any atom is 0.234 e. The average Bonchev–Trinajstić information content (AvgIpc) is 2.70. The fourth-order valence-corrected chi connectivity index (χ4v) is 3.67. The summed E-state index contributed by atoms with van der Waals surface area (Å²) < 4.78 is 5.48. The molecule has 2 fully saturated rings. The van der Waals surface area contributed by atoms with Gasteiger partial charge >= 0.3 is 0 Å². The Morgan fingerprint density at radius 3 is 2.42 bits per heavy atom. The van der Waals surface area contributed by atoms with Crippen molar-refractivity contribution in [3.63, 3.8) is 0 Å². The number of carbonyl (C=O) groups excluding carboxylic acids is 1. The zero-order chi connectivity index (χ0) is 18.2. The van der Waals surface area contributed by atoms with E-state index < -0.39 is 0 Å². The molecule has 3 heterocycles. The molecule has 1 aromatic rings. The Bertz CT molecular complexity index is 542. The van der Waals surface area contributed by atoms with Crippen molar-refractivity contribution >= 4 is 5.91 Å². The normalized spacial score (nSPS) is 21.4. The molecule has 1 N–H and O–H groups in total. The monoisotopic (exact) mass is 361 g/mol. The number of likely N-dealkylation sites (N-methyl/N-ethyl adjacent to an activating group) is 1. The van der Waals surface area contributed by atoms with Crippen LogP contribution in [0.5, 0.6) is 0 Å². The molecule has 2 aliphatic rings. The minimum Gasteiger partial charge on any atom is -0.379 e. The highest BCUT2D eigenvalue weighted by atomic mass is 16.5. The Hall–Kier alpha value is -1.54. The van der Waals surface area contributed by atoms with E-state index >= 15 is 0 Å². The van der Waals surface area contributed by atoms with E-state index in [4.69, 9.17) is 4.74 Å². The van der Waals surface area contributed by atoms with Crippen LogP contribution in [0.25, 0.3) is 0 Å². The number of hydrogen-bond donors (Lipinski definition) is 1. The molecular weight excluding hydrogens is 330 g/mol. The van der Waals surface area contributed by atoms with Crippen molar-refractivity contribution in [2.24, 2.45) is 0 Å². The third-order valence-electron chi connectivity index (χ3n) is 5.35. The number of carbonyl (C=O) groups is 1. The van der Waals surface area contributed by atoms with Gasteiger partial charge in [-0.2, -0.15) is 0 Å². The van der Waals surface area contributed by atoms with Crippen LogP contribution in [0.4, 0.5) is 0 Å². The lowest BCUT2D eigenvalue weighted by Gasteiger charge is -2.35. The summed E-state index contributed by atoms with van der Waals surface area (Å²) in [6, 6.07) is 4.25. The topological polar surface area (TPSA) is 60.9 Å². The maximum absolute atomic E-state index is 12.5. The molecule has 0 saturated carbocycles. The number of piperazine rings is 1. The Morgan fingerprint density at radius 2 is 1.77 bits per heavy atom. The van der Waals surface area contributed by atoms with E-state index in [0.29, 0.717) is 13.1 Å². The number of hydrogen-bond acceptors (Lipinski definition) is 6. The van der Waals surface area contributed by atoms with Crippen molar-refractivity contribution in [2.75, 3.05) is 72.1 Å². The summed E-state index contributed by atoms with van der Waals surface area (Å²) in [5.74, 6) is 0.113. The molecule has 0 aliphatic carbocycles. The summed E-state index contributed by atoms with van der Waals surface area (Å²) in [6.07, 6.45) is 3.63. The zero-order valence-corrected chi connectivity index (χ0v) is 15.8. The molecule has 7 nitrogen and oxygen atoms in total. The maximum atomic E-state index is 12.5. The molecule has 1 aromatic heterocycles. The molecule has 2 aliphatic heterocycles. The lowest BCUT2D eigenvalue weighted by atomic mass is 10.1. The number of rotatable bonds is 7. The van der Waals surface area contributed by atoms with Crippen LogP contribution in [0.1, 0.15) is 18.5 Å². The van der Waals surface area contributed by atoms with Gasteiger partial charge in [-0.15, -0.1) is 0 Å². The number of aromatic nitrogens is 1. The number of nitrogens with zero attached hydrogens (tertiary/aromatic N) is 4. The van der Waals surface area contributed by atoms with E-state index in [1.54, 1.807) is 0 Å². The molecule has 0 radical (unpaired) electrons. The Balaban J connectivity index is 1.51. The molecule has 1 amide bonds. The summed E-state index contributed by atoms with van der Waals surface area (Å²) >= 11 is 0. The molecule has 0 spiro atoms. The van der Waals surface area contributed by atoms with Gasteiger partial charge in [-0.05, 0) is 24.2 Å². The lowest BCUT2D eigenvalue weighted by Crippen LogP contribution is -2.50. The van der Waals surface area contributed by atoms with Crippen molar-refractivity contribution in [1.82, 2.24) is 25.0 Å². The van der Waals surface area contributed by atoms with Crippen LogP contribution < -0.4 is 5.32 Å². The fraction of sp³-hybridized carbons (Fsp3) is 0.684. The van der Waals surface area contributed by atoms with Gasteiger partial charge in [0.15, 0.2) is 0 Å². The largest absolute Gasteiger partial charge is 0.379 e. The zero-order valence-electron chi connectivity index (χ0n) is 15.8. The Morgan fingerprint density at radius 1 is 1.12 bits per heavy atom. The SMILES string of the molecule is CCN1CCN(CC(=O)NC[C@@H](c2ccncc2)N2CCOCC2)CC1. The quantitative estimate of drug-likeness (QED) is 0.749. The molecule has 144 valence electrons. The Kier molecular flexibility index (Phi) is 7.37. The standard InChI is InChI=1S/C19H31N5O2/c1-2-22-7-9-23(10-8-22)16-19(25)21-15-18(17-3-5-20-6-4-17)24-11-13-26-14-12-24/h3-6,18H,2,7-16H2,1H3,(H,21,25)/t18-/m0/s1. The van der Waals surface area contributed by atoms with Crippen molar-refractivity contribution in [3.05, 3.63) is 30.1 Å². The van der Waals surface area contributed by atoms with E-state index in [9.17, 15) is 4.79 Å². The minimum absolute atomic E-state index is 0.113. The minimum atomic E-state index is 0.113. The predicted octanol–water partition coefficient (Wildman–Crippen LogP) is 0.209. The molecule has 3 rings (SSSR count). The van der Waals surface area contributed by atoms with Crippen molar-refractivity contribution in [2.45, 2.75) is 13.0 Å². The lowest BCUT2D eigenvalue weighted by molar-refractivity contribution is -0.123. The highest BCUT2D eigenvalue weighted by molar-refractivity contribution is 5.78. The third-order valence-corrected chi connectivity index (χ3v) is 5.35. The van der Waals surface area contributed by atoms with Gasteiger partial charge in [0.2, 0.25) is 5.91 Å². The van der Waals surface area contributed by atoms with E-state index in [1.165, 1.54) is 5.56 Å². The van der Waals surface area contributed by atoms with Gasteiger partial charge < -0.3 is 15.0 Å². The second kappa shape index (κ2) is 9.97.